The number of ether oxygens (including phenoxy) is 1. The van der Waals surface area contributed by atoms with Crippen molar-refractivity contribution >= 4 is 10.1 Å². The van der Waals surface area contributed by atoms with Crippen LogP contribution in [-0.4, -0.2) is 24.8 Å². The zero-order valence-electron chi connectivity index (χ0n) is 19.0. The zero-order valence-corrected chi connectivity index (χ0v) is 21.9. The van der Waals surface area contributed by atoms with Crippen LogP contribution < -0.4 is 34.3 Å². The molecule has 1 aromatic rings. The third-order valence-corrected chi connectivity index (χ3v) is 5.95. The summed E-state index contributed by atoms with van der Waals surface area (Å²) in [6.07, 6.45) is 13.6. The molecule has 29 heavy (non-hydrogen) atoms. The van der Waals surface area contributed by atoms with Crippen LogP contribution in [-0.2, 0) is 23.0 Å². The fraction of sp³-hybridized carbons (Fsp3) is 0.739. The van der Waals surface area contributed by atoms with E-state index in [1.54, 1.807) is 6.92 Å². The largest absolute Gasteiger partial charge is 1.00 e. The maximum atomic E-state index is 11.0. The molecule has 0 amide bonds. The molecule has 1 rings (SSSR count). The first kappa shape index (κ1) is 28.9. The van der Waals surface area contributed by atoms with Crippen LogP contribution in [0, 0.1) is 0 Å². The van der Waals surface area contributed by atoms with E-state index in [1.807, 2.05) is 12.1 Å². The molecular formula is C23H39NaO4S. The number of rotatable bonds is 16. The fourth-order valence-electron chi connectivity index (χ4n) is 3.60. The van der Waals surface area contributed by atoms with Gasteiger partial charge >= 0.3 is 29.6 Å². The van der Waals surface area contributed by atoms with E-state index in [9.17, 15) is 13.0 Å². The third kappa shape index (κ3) is 13.8. The first-order valence-corrected chi connectivity index (χ1v) is 12.7. The molecule has 0 spiro atoms. The molecule has 0 N–H and O–H groups in total. The van der Waals surface area contributed by atoms with Gasteiger partial charge in [-0.15, -0.1) is 0 Å². The van der Waals surface area contributed by atoms with Crippen molar-refractivity contribution in [1.29, 1.82) is 0 Å². The predicted molar refractivity (Wildman–Crippen MR) is 116 cm³/mol. The molecular weight excluding hydrogens is 395 g/mol. The van der Waals surface area contributed by atoms with Crippen molar-refractivity contribution in [1.82, 2.24) is 0 Å². The van der Waals surface area contributed by atoms with Gasteiger partial charge in [0.1, 0.15) is 11.9 Å². The summed E-state index contributed by atoms with van der Waals surface area (Å²) in [5.74, 6) is 0.252. The second kappa shape index (κ2) is 16.6. The summed E-state index contributed by atoms with van der Waals surface area (Å²) in [6.45, 7) is 6.09. The van der Waals surface area contributed by atoms with E-state index in [0.717, 1.165) is 31.4 Å². The summed E-state index contributed by atoms with van der Waals surface area (Å²) in [4.78, 5) is 0. The van der Waals surface area contributed by atoms with Gasteiger partial charge in [-0.2, -0.15) is 0 Å². The summed E-state index contributed by atoms with van der Waals surface area (Å²) in [7, 11) is -4.29. The van der Waals surface area contributed by atoms with Crippen LogP contribution in [0.3, 0.4) is 0 Å². The average molecular weight is 435 g/mol. The van der Waals surface area contributed by atoms with Crippen LogP contribution in [0.1, 0.15) is 96.1 Å². The molecule has 162 valence electrons. The number of hydrogen-bond acceptors (Lipinski definition) is 4. The van der Waals surface area contributed by atoms with Crippen molar-refractivity contribution in [2.24, 2.45) is 0 Å². The monoisotopic (exact) mass is 434 g/mol. The molecule has 4 nitrogen and oxygen atoms in total. The van der Waals surface area contributed by atoms with Gasteiger partial charge < -0.3 is 9.29 Å². The van der Waals surface area contributed by atoms with Crippen molar-refractivity contribution < 1.29 is 47.3 Å². The number of hydrogen-bond donors (Lipinski definition) is 0. The van der Waals surface area contributed by atoms with Gasteiger partial charge in [-0.1, -0.05) is 77.3 Å². The van der Waals surface area contributed by atoms with Crippen LogP contribution in [0.5, 0.6) is 5.75 Å². The van der Waals surface area contributed by atoms with Crippen LogP contribution >= 0.6 is 0 Å². The van der Waals surface area contributed by atoms with Crippen molar-refractivity contribution in [3.8, 4) is 5.75 Å². The van der Waals surface area contributed by atoms with Crippen molar-refractivity contribution in [2.45, 2.75) is 104 Å². The normalized spacial score (nSPS) is 12.4. The zero-order chi connectivity index (χ0) is 20.8. The minimum atomic E-state index is -4.29. The predicted octanol–water partition coefficient (Wildman–Crippen LogP) is 3.03. The van der Waals surface area contributed by atoms with Gasteiger partial charge in [-0.25, -0.2) is 8.42 Å². The maximum Gasteiger partial charge on any atom is 1.00 e. The summed E-state index contributed by atoms with van der Waals surface area (Å²) >= 11 is 0. The molecule has 1 atom stereocenters. The molecule has 0 saturated carbocycles. The van der Waals surface area contributed by atoms with E-state index in [1.165, 1.54) is 62.5 Å². The van der Waals surface area contributed by atoms with E-state index < -0.39 is 22.0 Å². The van der Waals surface area contributed by atoms with E-state index in [-0.39, 0.29) is 29.6 Å². The van der Waals surface area contributed by atoms with E-state index in [0.29, 0.717) is 0 Å². The quantitative estimate of drug-likeness (QED) is 0.228. The molecule has 0 saturated heterocycles. The van der Waals surface area contributed by atoms with Crippen LogP contribution in [0.2, 0.25) is 0 Å². The van der Waals surface area contributed by atoms with E-state index in [4.69, 9.17) is 4.74 Å². The molecule has 0 aliphatic rings. The van der Waals surface area contributed by atoms with Crippen molar-refractivity contribution in [2.75, 3.05) is 5.75 Å². The molecule has 6 heteroatoms. The van der Waals surface area contributed by atoms with Gasteiger partial charge in [0.15, 0.2) is 0 Å². The van der Waals surface area contributed by atoms with E-state index >= 15 is 0 Å². The number of aryl methyl sites for hydroxylation is 1. The average Bonchev–Trinajstić information content (AvgIpc) is 2.61. The van der Waals surface area contributed by atoms with Gasteiger partial charge in [0.25, 0.3) is 0 Å². The molecule has 1 aromatic carbocycles. The van der Waals surface area contributed by atoms with Crippen molar-refractivity contribution in [3.63, 3.8) is 0 Å². The maximum absolute atomic E-state index is 11.0. The Labute approximate surface area is 201 Å². The molecule has 0 fully saturated rings. The molecule has 0 aliphatic carbocycles. The van der Waals surface area contributed by atoms with E-state index in [2.05, 4.69) is 19.9 Å². The molecule has 0 heterocycles. The molecule has 0 aromatic heterocycles. The fourth-order valence-corrected chi connectivity index (χ4v) is 4.24. The number of unbranched alkanes of at least 4 members (excludes halogenated alkanes) is 8. The Morgan fingerprint density at radius 2 is 1.45 bits per heavy atom. The minimum absolute atomic E-state index is 0. The summed E-state index contributed by atoms with van der Waals surface area (Å²) in [5, 5.41) is 0. The Kier molecular flexibility index (Phi) is 16.6. The molecule has 0 radical (unpaired) electrons. The standard InChI is InChI=1S/C23H40O4S.Na/c1-4-6-8-10-12-15-21-16-14-18-23(27-20(3)19-28(24,25)26)22(21)17-13-11-9-7-5-2;/h14,16,18,20H,4-13,15,17,19H2,1-3H3,(H,24,25,26);/q;+1/p-1. The first-order chi connectivity index (χ1) is 13.4. The van der Waals surface area contributed by atoms with Gasteiger partial charge in [-0.3, -0.25) is 0 Å². The summed E-state index contributed by atoms with van der Waals surface area (Å²) in [6, 6.07) is 6.06. The molecule has 0 aliphatic heterocycles. The van der Waals surface area contributed by atoms with Gasteiger partial charge in [0.2, 0.25) is 0 Å². The summed E-state index contributed by atoms with van der Waals surface area (Å²) < 4.78 is 39.1. The molecule has 0 bridgehead atoms. The van der Waals surface area contributed by atoms with Gasteiger partial charge in [0.05, 0.1) is 15.9 Å². The Morgan fingerprint density at radius 3 is 2.00 bits per heavy atom. The second-order valence-electron chi connectivity index (χ2n) is 7.88. The van der Waals surface area contributed by atoms with Crippen molar-refractivity contribution in [3.05, 3.63) is 29.3 Å². The Hall–Kier alpha value is -0.0700. The Bertz CT molecular complexity index is 646. The van der Waals surface area contributed by atoms with Gasteiger partial charge in [-0.05, 0) is 49.8 Å². The molecule has 1 unspecified atom stereocenters. The summed E-state index contributed by atoms with van der Waals surface area (Å²) in [5.41, 5.74) is 2.51. The van der Waals surface area contributed by atoms with Gasteiger partial charge in [0, 0.05) is 0 Å². The van der Waals surface area contributed by atoms with Crippen LogP contribution in [0.4, 0.5) is 0 Å². The first-order valence-electron chi connectivity index (χ1n) is 11.1. The second-order valence-corrected chi connectivity index (χ2v) is 9.32. The third-order valence-electron chi connectivity index (χ3n) is 5.08. The Balaban J connectivity index is 0.00000784. The topological polar surface area (TPSA) is 66.4 Å². The SMILES string of the molecule is CCCCCCCc1cccc(OC(C)CS(=O)(=O)[O-])c1CCCCCCC.[Na+]. The smallest absolute Gasteiger partial charge is 0.748 e. The number of benzene rings is 1. The van der Waals surface area contributed by atoms with Crippen LogP contribution in [0.25, 0.3) is 0 Å². The minimum Gasteiger partial charge on any atom is -0.748 e. The Morgan fingerprint density at radius 1 is 0.897 bits per heavy atom. The van der Waals surface area contributed by atoms with Crippen LogP contribution in [0.15, 0.2) is 18.2 Å².